The third kappa shape index (κ3) is 6.64. The number of ether oxygens (including phenoxy) is 5. The van der Waals surface area contributed by atoms with Crippen LogP contribution in [0.25, 0.3) is 17.2 Å². The SMILES string of the molecule is COc1cc2c(cc1OC)[C@@H](c1cc(OC)c(OC)c(OC)c1)[C@H](C(=O)N1CCCC1)C(/C=C/C(=O)c1ccc(-c3ccccc3)cc1)=C2. The van der Waals surface area contributed by atoms with Crippen molar-refractivity contribution in [1.82, 2.24) is 4.90 Å². The molecule has 2 aliphatic rings. The summed E-state index contributed by atoms with van der Waals surface area (Å²) in [5, 5.41) is 0. The van der Waals surface area contributed by atoms with Crippen molar-refractivity contribution in [3.05, 3.63) is 119 Å². The van der Waals surface area contributed by atoms with Crippen LogP contribution in [0.5, 0.6) is 28.7 Å². The van der Waals surface area contributed by atoms with Gasteiger partial charge in [0.15, 0.2) is 28.8 Å². The van der Waals surface area contributed by atoms with Crippen molar-refractivity contribution in [2.75, 3.05) is 48.6 Å². The van der Waals surface area contributed by atoms with Crippen molar-refractivity contribution in [1.29, 1.82) is 0 Å². The summed E-state index contributed by atoms with van der Waals surface area (Å²) in [6.07, 6.45) is 7.22. The minimum absolute atomic E-state index is 0.00718. The highest BCUT2D eigenvalue weighted by molar-refractivity contribution is 6.05. The van der Waals surface area contributed by atoms with E-state index in [0.29, 0.717) is 53.0 Å². The van der Waals surface area contributed by atoms with Gasteiger partial charge in [-0.25, -0.2) is 0 Å². The summed E-state index contributed by atoms with van der Waals surface area (Å²) in [5.74, 6) is 1.22. The molecular formula is C41H41NO7. The number of fused-ring (bicyclic) bond motifs is 1. The van der Waals surface area contributed by atoms with Crippen LogP contribution in [0.3, 0.4) is 0 Å². The molecule has 0 saturated carbocycles. The molecule has 0 radical (unpaired) electrons. The molecule has 0 aromatic heterocycles. The van der Waals surface area contributed by atoms with Crippen LogP contribution >= 0.6 is 0 Å². The fourth-order valence-corrected chi connectivity index (χ4v) is 6.90. The van der Waals surface area contributed by atoms with Gasteiger partial charge in [-0.15, -0.1) is 0 Å². The van der Waals surface area contributed by atoms with E-state index < -0.39 is 11.8 Å². The van der Waals surface area contributed by atoms with Crippen molar-refractivity contribution in [2.24, 2.45) is 5.92 Å². The number of nitrogens with zero attached hydrogens (tertiary/aromatic N) is 1. The van der Waals surface area contributed by atoms with Gasteiger partial charge in [0, 0.05) is 24.6 Å². The lowest BCUT2D eigenvalue weighted by Gasteiger charge is -2.36. The number of carbonyl (C=O) groups excluding carboxylic acids is 2. The Morgan fingerprint density at radius 1 is 0.694 bits per heavy atom. The Bertz CT molecular complexity index is 1860. The molecule has 0 unspecified atom stereocenters. The maximum Gasteiger partial charge on any atom is 0.231 e. The second kappa shape index (κ2) is 14.7. The van der Waals surface area contributed by atoms with Gasteiger partial charge >= 0.3 is 0 Å². The summed E-state index contributed by atoms with van der Waals surface area (Å²) in [7, 11) is 7.89. The van der Waals surface area contributed by atoms with Crippen LogP contribution in [0.15, 0.2) is 96.6 Å². The minimum Gasteiger partial charge on any atom is -0.493 e. The van der Waals surface area contributed by atoms with Crippen molar-refractivity contribution < 1.29 is 33.3 Å². The molecule has 1 aliphatic heterocycles. The van der Waals surface area contributed by atoms with Crippen molar-refractivity contribution in [3.8, 4) is 39.9 Å². The highest BCUT2D eigenvalue weighted by Gasteiger charge is 2.41. The Labute approximate surface area is 287 Å². The first kappa shape index (κ1) is 33.4. The highest BCUT2D eigenvalue weighted by atomic mass is 16.5. The van der Waals surface area contributed by atoms with E-state index >= 15 is 0 Å². The lowest BCUT2D eigenvalue weighted by atomic mass is 9.70. The van der Waals surface area contributed by atoms with E-state index in [1.54, 1.807) is 47.7 Å². The molecule has 0 N–H and O–H groups in total. The molecule has 0 bridgehead atoms. The summed E-state index contributed by atoms with van der Waals surface area (Å²) in [6, 6.07) is 25.2. The van der Waals surface area contributed by atoms with Crippen LogP contribution < -0.4 is 23.7 Å². The van der Waals surface area contributed by atoms with Gasteiger partial charge in [0.25, 0.3) is 0 Å². The van der Waals surface area contributed by atoms with Crippen LogP contribution in [-0.2, 0) is 4.79 Å². The third-order valence-electron chi connectivity index (χ3n) is 9.37. The zero-order valence-electron chi connectivity index (χ0n) is 28.5. The monoisotopic (exact) mass is 659 g/mol. The first-order chi connectivity index (χ1) is 23.9. The summed E-state index contributed by atoms with van der Waals surface area (Å²) < 4.78 is 28.5. The zero-order valence-corrected chi connectivity index (χ0v) is 28.5. The van der Waals surface area contributed by atoms with Crippen LogP contribution in [0.1, 0.15) is 45.8 Å². The number of allylic oxidation sites excluding steroid dienone is 2. The van der Waals surface area contributed by atoms with Crippen LogP contribution in [0, 0.1) is 5.92 Å². The van der Waals surface area contributed by atoms with Crippen molar-refractivity contribution in [3.63, 3.8) is 0 Å². The first-order valence-corrected chi connectivity index (χ1v) is 16.3. The molecule has 6 rings (SSSR count). The minimum atomic E-state index is -0.656. The molecule has 8 heteroatoms. The highest BCUT2D eigenvalue weighted by Crippen LogP contribution is 2.50. The maximum absolute atomic E-state index is 14.6. The number of methoxy groups -OCH3 is 5. The van der Waals surface area contributed by atoms with Gasteiger partial charge in [0.2, 0.25) is 11.7 Å². The lowest BCUT2D eigenvalue weighted by molar-refractivity contribution is -0.133. The van der Waals surface area contributed by atoms with Gasteiger partial charge in [-0.05, 0) is 76.6 Å². The van der Waals surface area contributed by atoms with Crippen LogP contribution in [-0.4, -0.2) is 65.2 Å². The van der Waals surface area contributed by atoms with E-state index in [2.05, 4.69) is 0 Å². The Balaban J connectivity index is 1.48. The normalized spacial score (nSPS) is 16.9. The van der Waals surface area contributed by atoms with Gasteiger partial charge in [0.05, 0.1) is 41.5 Å². The molecule has 1 saturated heterocycles. The van der Waals surface area contributed by atoms with Crippen LogP contribution in [0.2, 0.25) is 0 Å². The van der Waals surface area contributed by atoms with Crippen molar-refractivity contribution >= 4 is 17.8 Å². The number of ketones is 1. The van der Waals surface area contributed by atoms with E-state index in [-0.39, 0.29) is 11.7 Å². The number of hydrogen-bond donors (Lipinski definition) is 0. The Kier molecular flexibility index (Phi) is 10.0. The van der Waals surface area contributed by atoms with E-state index in [1.165, 1.54) is 0 Å². The number of amides is 1. The van der Waals surface area contributed by atoms with E-state index in [9.17, 15) is 9.59 Å². The second-order valence-corrected chi connectivity index (χ2v) is 12.1. The van der Waals surface area contributed by atoms with E-state index in [0.717, 1.165) is 40.7 Å². The quantitative estimate of drug-likeness (QED) is 0.121. The molecule has 2 atom stereocenters. The average Bonchev–Trinajstić information content (AvgIpc) is 3.70. The smallest absolute Gasteiger partial charge is 0.231 e. The zero-order chi connectivity index (χ0) is 34.5. The number of likely N-dealkylation sites (tertiary alicyclic amines) is 1. The summed E-state index contributed by atoms with van der Waals surface area (Å²) in [4.78, 5) is 30.1. The molecule has 49 heavy (non-hydrogen) atoms. The Hall–Kier alpha value is -5.50. The van der Waals surface area contributed by atoms with E-state index in [4.69, 9.17) is 23.7 Å². The molecule has 252 valence electrons. The molecule has 1 aliphatic carbocycles. The summed E-state index contributed by atoms with van der Waals surface area (Å²) in [5.41, 5.74) is 5.90. The fraction of sp³-hybridized carbons (Fsp3) is 0.268. The Morgan fingerprint density at radius 2 is 1.29 bits per heavy atom. The Morgan fingerprint density at radius 3 is 1.88 bits per heavy atom. The molecule has 0 spiro atoms. The van der Waals surface area contributed by atoms with Gasteiger partial charge in [-0.1, -0.05) is 66.7 Å². The number of carbonyl (C=O) groups is 2. The largest absolute Gasteiger partial charge is 0.493 e. The van der Waals surface area contributed by atoms with Crippen molar-refractivity contribution in [2.45, 2.75) is 18.8 Å². The average molecular weight is 660 g/mol. The number of hydrogen-bond acceptors (Lipinski definition) is 7. The summed E-state index contributed by atoms with van der Waals surface area (Å²) >= 11 is 0. The van der Waals surface area contributed by atoms with E-state index in [1.807, 2.05) is 89.8 Å². The topological polar surface area (TPSA) is 83.5 Å². The summed E-state index contributed by atoms with van der Waals surface area (Å²) in [6.45, 7) is 1.36. The lowest BCUT2D eigenvalue weighted by Crippen LogP contribution is -2.39. The maximum atomic E-state index is 14.6. The number of rotatable bonds is 11. The van der Waals surface area contributed by atoms with Gasteiger partial charge < -0.3 is 28.6 Å². The van der Waals surface area contributed by atoms with Crippen LogP contribution in [0.4, 0.5) is 0 Å². The van der Waals surface area contributed by atoms with Gasteiger partial charge in [0.1, 0.15) is 0 Å². The standard InChI is InChI=1S/C41H41NO7/c1-45-34-22-30-21-29(17-18-33(43)28-15-13-27(14-16-28)26-11-7-6-8-12-26)39(41(44)42-19-9-10-20-42)38(32(30)25-35(34)46-2)31-23-36(47-3)40(49-5)37(24-31)48-4/h6-8,11-18,21-25,38-39H,9-10,19-20H2,1-5H3/b18-17+/t38-,39-/m1/s1. The third-order valence-corrected chi connectivity index (χ3v) is 9.37. The number of benzene rings is 4. The molecular weight excluding hydrogens is 618 g/mol. The molecule has 4 aromatic rings. The predicted molar refractivity (Wildman–Crippen MR) is 190 cm³/mol. The predicted octanol–water partition coefficient (Wildman–Crippen LogP) is 7.60. The molecule has 1 amide bonds. The van der Waals surface area contributed by atoms with Gasteiger partial charge in [-0.2, -0.15) is 0 Å². The fourth-order valence-electron chi connectivity index (χ4n) is 6.90. The molecule has 8 nitrogen and oxygen atoms in total. The first-order valence-electron chi connectivity index (χ1n) is 16.3. The molecule has 1 fully saturated rings. The molecule has 4 aromatic carbocycles. The molecule has 1 heterocycles. The van der Waals surface area contributed by atoms with Gasteiger partial charge in [-0.3, -0.25) is 9.59 Å². The second-order valence-electron chi connectivity index (χ2n) is 12.1.